The van der Waals surface area contributed by atoms with Crippen LogP contribution in [0.4, 0.5) is 0 Å². The van der Waals surface area contributed by atoms with Gasteiger partial charge in [0, 0.05) is 12.3 Å². The molecule has 1 amide bonds. The fraction of sp³-hybridized carbons (Fsp3) is 0.368. The summed E-state index contributed by atoms with van der Waals surface area (Å²) in [5, 5.41) is 11.6. The highest BCUT2D eigenvalue weighted by Gasteiger charge is 2.21. The second kappa shape index (κ2) is 8.98. The lowest BCUT2D eigenvalue weighted by atomic mass is 10.0. The molecule has 0 saturated carbocycles. The van der Waals surface area contributed by atoms with Crippen LogP contribution in [0.2, 0.25) is 0 Å². The first-order chi connectivity index (χ1) is 12.8. The number of carboxylic acid groups (broad SMARTS) is 1. The average Bonchev–Trinajstić information content (AvgIpc) is 2.61. The number of amides is 1. The fourth-order valence-electron chi connectivity index (χ4n) is 2.68. The molecule has 1 aromatic carbocycles. The van der Waals surface area contributed by atoms with Gasteiger partial charge in [0.1, 0.15) is 12.6 Å². The van der Waals surface area contributed by atoms with Crippen LogP contribution in [0.15, 0.2) is 52.2 Å². The Balaban J connectivity index is 2.19. The van der Waals surface area contributed by atoms with Crippen molar-refractivity contribution in [3.05, 3.63) is 69.0 Å². The van der Waals surface area contributed by atoms with Crippen molar-refractivity contribution in [2.24, 2.45) is 5.92 Å². The molecular weight excluding hydrogens is 350 g/mol. The summed E-state index contributed by atoms with van der Waals surface area (Å²) in [6, 6.07) is 9.36. The average molecular weight is 373 g/mol. The molecule has 1 heterocycles. The van der Waals surface area contributed by atoms with Gasteiger partial charge >= 0.3 is 11.7 Å². The quantitative estimate of drug-likeness (QED) is 0.707. The summed E-state index contributed by atoms with van der Waals surface area (Å²) in [5.74, 6) is -1.78. The Bertz CT molecular complexity index is 915. The van der Waals surface area contributed by atoms with Crippen LogP contribution in [0, 0.1) is 5.92 Å². The third-order valence-corrected chi connectivity index (χ3v) is 3.98. The van der Waals surface area contributed by atoms with Gasteiger partial charge in [-0.1, -0.05) is 44.2 Å². The maximum absolute atomic E-state index is 12.6. The Morgan fingerprint density at radius 1 is 1.11 bits per heavy atom. The first-order valence-corrected chi connectivity index (χ1v) is 8.64. The van der Waals surface area contributed by atoms with E-state index in [9.17, 15) is 24.3 Å². The molecule has 8 heteroatoms. The zero-order valence-electron chi connectivity index (χ0n) is 15.3. The minimum absolute atomic E-state index is 0.0638. The number of rotatable bonds is 8. The molecule has 0 aliphatic rings. The Labute approximate surface area is 156 Å². The molecule has 0 aliphatic heterocycles. The van der Waals surface area contributed by atoms with Crippen LogP contribution in [0.5, 0.6) is 0 Å². The molecule has 144 valence electrons. The van der Waals surface area contributed by atoms with Crippen LogP contribution in [0.1, 0.15) is 25.8 Å². The van der Waals surface area contributed by atoms with E-state index >= 15 is 0 Å². The number of carboxylic acids is 1. The molecule has 0 radical (unpaired) electrons. The van der Waals surface area contributed by atoms with Gasteiger partial charge in [0.2, 0.25) is 5.91 Å². The summed E-state index contributed by atoms with van der Waals surface area (Å²) >= 11 is 0. The van der Waals surface area contributed by atoms with Crippen LogP contribution in [0.3, 0.4) is 0 Å². The highest BCUT2D eigenvalue weighted by atomic mass is 16.4. The fourth-order valence-corrected chi connectivity index (χ4v) is 2.68. The van der Waals surface area contributed by atoms with Crippen molar-refractivity contribution in [3.63, 3.8) is 0 Å². The van der Waals surface area contributed by atoms with E-state index < -0.39 is 35.7 Å². The number of benzene rings is 1. The number of aliphatic carboxylic acids is 1. The van der Waals surface area contributed by atoms with Gasteiger partial charge in [-0.2, -0.15) is 0 Å². The van der Waals surface area contributed by atoms with E-state index in [0.29, 0.717) is 0 Å². The van der Waals surface area contributed by atoms with Gasteiger partial charge in [0.15, 0.2) is 0 Å². The molecule has 2 aromatic rings. The minimum Gasteiger partial charge on any atom is -0.480 e. The summed E-state index contributed by atoms with van der Waals surface area (Å²) in [4.78, 5) is 48.1. The second-order valence-corrected chi connectivity index (χ2v) is 6.72. The zero-order chi connectivity index (χ0) is 20.0. The van der Waals surface area contributed by atoms with Crippen molar-refractivity contribution in [2.45, 2.75) is 39.4 Å². The standard InChI is InChI=1S/C19H23N3O5/c1-13(2)10-15(18(25)26)20-16(23)12-22-17(24)8-9-21(19(22)27)11-14-6-4-3-5-7-14/h3-9,13,15H,10-12H2,1-2H3,(H,20,23)(H,25,26)/t15-/m0/s1. The maximum atomic E-state index is 12.6. The van der Waals surface area contributed by atoms with Crippen molar-refractivity contribution in [3.8, 4) is 0 Å². The van der Waals surface area contributed by atoms with Gasteiger partial charge in [-0.3, -0.25) is 18.7 Å². The Hall–Kier alpha value is -3.16. The number of carbonyl (C=O) groups excluding carboxylic acids is 1. The van der Waals surface area contributed by atoms with E-state index in [-0.39, 0.29) is 18.9 Å². The molecule has 1 aromatic heterocycles. The van der Waals surface area contributed by atoms with Gasteiger partial charge in [0.05, 0.1) is 6.54 Å². The summed E-state index contributed by atoms with van der Waals surface area (Å²) in [5.41, 5.74) is -0.371. The highest BCUT2D eigenvalue weighted by molar-refractivity contribution is 5.83. The van der Waals surface area contributed by atoms with Crippen LogP contribution < -0.4 is 16.6 Å². The van der Waals surface area contributed by atoms with Crippen molar-refractivity contribution in [1.82, 2.24) is 14.5 Å². The van der Waals surface area contributed by atoms with Crippen LogP contribution >= 0.6 is 0 Å². The Morgan fingerprint density at radius 3 is 2.37 bits per heavy atom. The van der Waals surface area contributed by atoms with Crippen molar-refractivity contribution in [1.29, 1.82) is 0 Å². The number of nitrogens with zero attached hydrogens (tertiary/aromatic N) is 2. The first-order valence-electron chi connectivity index (χ1n) is 8.64. The van der Waals surface area contributed by atoms with E-state index in [2.05, 4.69) is 5.32 Å². The smallest absolute Gasteiger partial charge is 0.331 e. The van der Waals surface area contributed by atoms with E-state index in [0.717, 1.165) is 10.1 Å². The predicted octanol–water partition coefficient (Wildman–Crippen LogP) is 0.674. The lowest BCUT2D eigenvalue weighted by Crippen LogP contribution is -2.47. The third-order valence-electron chi connectivity index (χ3n) is 3.98. The topological polar surface area (TPSA) is 110 Å². The van der Waals surface area contributed by atoms with Crippen LogP contribution in [-0.4, -0.2) is 32.2 Å². The van der Waals surface area contributed by atoms with Gasteiger partial charge in [-0.15, -0.1) is 0 Å². The van der Waals surface area contributed by atoms with Crippen molar-refractivity contribution in [2.75, 3.05) is 0 Å². The van der Waals surface area contributed by atoms with Crippen molar-refractivity contribution < 1.29 is 14.7 Å². The summed E-state index contributed by atoms with van der Waals surface area (Å²) < 4.78 is 2.12. The number of hydrogen-bond acceptors (Lipinski definition) is 4. The second-order valence-electron chi connectivity index (χ2n) is 6.72. The molecule has 0 bridgehead atoms. The SMILES string of the molecule is CC(C)C[C@H](NC(=O)Cn1c(=O)ccn(Cc2ccccc2)c1=O)C(=O)O. The summed E-state index contributed by atoms with van der Waals surface area (Å²) in [6.07, 6.45) is 1.63. The summed E-state index contributed by atoms with van der Waals surface area (Å²) in [6.45, 7) is 3.40. The number of carbonyl (C=O) groups is 2. The van der Waals surface area contributed by atoms with E-state index in [4.69, 9.17) is 0 Å². The van der Waals surface area contributed by atoms with Crippen LogP contribution in [-0.2, 0) is 22.7 Å². The van der Waals surface area contributed by atoms with Gasteiger partial charge in [-0.25, -0.2) is 9.59 Å². The molecule has 0 aliphatic carbocycles. The summed E-state index contributed by atoms with van der Waals surface area (Å²) in [7, 11) is 0. The highest BCUT2D eigenvalue weighted by Crippen LogP contribution is 2.05. The zero-order valence-corrected chi connectivity index (χ0v) is 15.3. The monoisotopic (exact) mass is 373 g/mol. The van der Waals surface area contributed by atoms with Crippen molar-refractivity contribution >= 4 is 11.9 Å². The molecule has 0 saturated heterocycles. The normalized spacial score (nSPS) is 12.0. The predicted molar refractivity (Wildman–Crippen MR) is 99.5 cm³/mol. The molecular formula is C19H23N3O5. The van der Waals surface area contributed by atoms with Crippen LogP contribution in [0.25, 0.3) is 0 Å². The van der Waals surface area contributed by atoms with Gasteiger partial charge in [0.25, 0.3) is 5.56 Å². The van der Waals surface area contributed by atoms with E-state index in [1.54, 1.807) is 0 Å². The third kappa shape index (κ3) is 5.67. The molecule has 27 heavy (non-hydrogen) atoms. The molecule has 0 unspecified atom stereocenters. The number of nitrogens with one attached hydrogen (secondary N) is 1. The van der Waals surface area contributed by atoms with Gasteiger partial charge < -0.3 is 10.4 Å². The molecule has 1 atom stereocenters. The number of aromatic nitrogens is 2. The van der Waals surface area contributed by atoms with Gasteiger partial charge in [-0.05, 0) is 17.9 Å². The van der Waals surface area contributed by atoms with E-state index in [1.807, 2.05) is 44.2 Å². The maximum Gasteiger partial charge on any atom is 0.331 e. The lowest BCUT2D eigenvalue weighted by Gasteiger charge is -2.17. The Kier molecular flexibility index (Phi) is 6.70. The lowest BCUT2D eigenvalue weighted by molar-refractivity contribution is -0.142. The molecule has 0 fully saturated rings. The van der Waals surface area contributed by atoms with E-state index in [1.165, 1.54) is 16.8 Å². The molecule has 2 N–H and O–H groups in total. The minimum atomic E-state index is -1.15. The largest absolute Gasteiger partial charge is 0.480 e. The molecule has 2 rings (SSSR count). The number of hydrogen-bond donors (Lipinski definition) is 2. The molecule has 0 spiro atoms. The first kappa shape index (κ1) is 20.2. The Morgan fingerprint density at radius 2 is 1.78 bits per heavy atom. The molecule has 8 nitrogen and oxygen atoms in total.